The first-order valence-electron chi connectivity index (χ1n) is 13.3. The highest BCUT2D eigenvalue weighted by atomic mass is 32.2. The van der Waals surface area contributed by atoms with Crippen LogP contribution in [0.5, 0.6) is 11.5 Å². The lowest BCUT2D eigenvalue weighted by atomic mass is 9.90. The van der Waals surface area contributed by atoms with E-state index in [2.05, 4.69) is 5.32 Å². The van der Waals surface area contributed by atoms with Crippen molar-refractivity contribution in [1.82, 2.24) is 10.2 Å². The van der Waals surface area contributed by atoms with Crippen LogP contribution in [-0.4, -0.2) is 62.0 Å². The highest BCUT2D eigenvalue weighted by molar-refractivity contribution is 8.16. The quantitative estimate of drug-likeness (QED) is 0.417. The minimum Gasteiger partial charge on any atom is -0.497 e. The fraction of sp³-hybridized carbons (Fsp3) is 0.367. The second-order valence-electron chi connectivity index (χ2n) is 9.47. The molecule has 0 bridgehead atoms. The topological polar surface area (TPSA) is 98.7 Å². The highest BCUT2D eigenvalue weighted by Gasteiger charge is 2.43. The highest BCUT2D eigenvalue weighted by Crippen LogP contribution is 2.49. The molecule has 0 aliphatic carbocycles. The van der Waals surface area contributed by atoms with Crippen LogP contribution in [0.4, 0.5) is 0 Å². The SMILES string of the molecule is CCOC(=O)C1=C(c2ccccc2)N=C2SC=C(CC(=O)NC[C@@H]3CCCO3)N2[C@@H]1c1cc(OC)ccc1OC. The van der Waals surface area contributed by atoms with E-state index < -0.39 is 12.0 Å². The smallest absolute Gasteiger partial charge is 0.338 e. The van der Waals surface area contributed by atoms with Crippen LogP contribution < -0.4 is 14.8 Å². The molecule has 40 heavy (non-hydrogen) atoms. The maximum atomic E-state index is 13.7. The van der Waals surface area contributed by atoms with E-state index in [9.17, 15) is 9.59 Å². The van der Waals surface area contributed by atoms with Crippen LogP contribution in [0.3, 0.4) is 0 Å². The molecule has 2 aromatic carbocycles. The third kappa shape index (κ3) is 5.73. The maximum absolute atomic E-state index is 13.7. The largest absolute Gasteiger partial charge is 0.497 e. The number of amidine groups is 1. The number of nitrogens with zero attached hydrogens (tertiary/aromatic N) is 2. The Kier molecular flexibility index (Phi) is 8.76. The van der Waals surface area contributed by atoms with Crippen LogP contribution >= 0.6 is 11.8 Å². The second kappa shape index (κ2) is 12.6. The van der Waals surface area contributed by atoms with Crippen molar-refractivity contribution in [2.45, 2.75) is 38.3 Å². The van der Waals surface area contributed by atoms with Gasteiger partial charge in [-0.05, 0) is 43.4 Å². The number of methoxy groups -OCH3 is 2. The van der Waals surface area contributed by atoms with Crippen LogP contribution in [0.2, 0.25) is 0 Å². The molecule has 1 N–H and O–H groups in total. The normalized spacial score (nSPS) is 20.0. The number of hydrogen-bond donors (Lipinski definition) is 1. The Morgan fingerprint density at radius 1 is 1.15 bits per heavy atom. The zero-order chi connectivity index (χ0) is 28.1. The number of carbonyl (C=O) groups is 2. The van der Waals surface area contributed by atoms with E-state index in [1.165, 1.54) is 11.8 Å². The molecule has 1 amide bonds. The monoisotopic (exact) mass is 563 g/mol. The summed E-state index contributed by atoms with van der Waals surface area (Å²) in [7, 11) is 3.18. The van der Waals surface area contributed by atoms with E-state index in [-0.39, 0.29) is 25.0 Å². The summed E-state index contributed by atoms with van der Waals surface area (Å²) < 4.78 is 22.6. The van der Waals surface area contributed by atoms with Crippen molar-refractivity contribution >= 4 is 34.5 Å². The third-order valence-corrected chi connectivity index (χ3v) is 7.87. The van der Waals surface area contributed by atoms with Gasteiger partial charge in [0, 0.05) is 30.0 Å². The number of benzene rings is 2. The number of fused-ring (bicyclic) bond motifs is 1. The minimum absolute atomic E-state index is 0.0450. The molecular weight excluding hydrogens is 530 g/mol. The van der Waals surface area contributed by atoms with E-state index >= 15 is 0 Å². The number of carbonyl (C=O) groups excluding carboxylic acids is 2. The Bertz CT molecular complexity index is 1350. The van der Waals surface area contributed by atoms with E-state index in [1.807, 2.05) is 52.8 Å². The summed E-state index contributed by atoms with van der Waals surface area (Å²) in [5.74, 6) is 0.560. The average molecular weight is 564 g/mol. The first-order chi connectivity index (χ1) is 19.5. The summed E-state index contributed by atoms with van der Waals surface area (Å²) in [4.78, 5) is 33.7. The van der Waals surface area contributed by atoms with Gasteiger partial charge < -0.3 is 29.2 Å². The van der Waals surface area contributed by atoms with Gasteiger partial charge in [-0.1, -0.05) is 42.1 Å². The minimum atomic E-state index is -0.681. The molecule has 210 valence electrons. The van der Waals surface area contributed by atoms with Crippen molar-refractivity contribution in [2.75, 3.05) is 34.0 Å². The summed E-state index contributed by atoms with van der Waals surface area (Å²) in [6, 6.07) is 14.3. The first-order valence-corrected chi connectivity index (χ1v) is 14.2. The fourth-order valence-corrected chi connectivity index (χ4v) is 6.01. The molecule has 10 heteroatoms. The zero-order valence-corrected chi connectivity index (χ0v) is 23.7. The number of hydrogen-bond acceptors (Lipinski definition) is 9. The summed E-state index contributed by atoms with van der Waals surface area (Å²) in [5, 5.41) is 5.58. The van der Waals surface area contributed by atoms with E-state index in [0.717, 1.165) is 30.7 Å². The van der Waals surface area contributed by atoms with Crippen molar-refractivity contribution < 1.29 is 28.5 Å². The first kappa shape index (κ1) is 27.8. The Morgan fingerprint density at radius 2 is 1.98 bits per heavy atom. The number of aliphatic imine (C=N–C) groups is 1. The lowest BCUT2D eigenvalue weighted by Crippen LogP contribution is -2.39. The van der Waals surface area contributed by atoms with Crippen molar-refractivity contribution in [3.63, 3.8) is 0 Å². The summed E-state index contributed by atoms with van der Waals surface area (Å²) in [6.07, 6.45) is 2.10. The van der Waals surface area contributed by atoms with Gasteiger partial charge in [0.1, 0.15) is 11.5 Å². The predicted molar refractivity (Wildman–Crippen MR) is 154 cm³/mol. The van der Waals surface area contributed by atoms with Gasteiger partial charge >= 0.3 is 5.97 Å². The molecule has 0 aromatic heterocycles. The number of amides is 1. The zero-order valence-electron chi connectivity index (χ0n) is 22.8. The Morgan fingerprint density at radius 3 is 2.67 bits per heavy atom. The lowest BCUT2D eigenvalue weighted by molar-refractivity contribution is -0.139. The van der Waals surface area contributed by atoms with E-state index in [0.29, 0.717) is 40.0 Å². The molecule has 3 aliphatic rings. The molecule has 0 saturated carbocycles. The van der Waals surface area contributed by atoms with Crippen LogP contribution in [0.1, 0.15) is 43.4 Å². The number of ether oxygens (including phenoxy) is 4. The van der Waals surface area contributed by atoms with Crippen LogP contribution in [0.15, 0.2) is 70.2 Å². The van der Waals surface area contributed by atoms with Gasteiger partial charge in [0.05, 0.1) is 50.7 Å². The van der Waals surface area contributed by atoms with E-state index in [1.54, 1.807) is 27.2 Å². The summed E-state index contributed by atoms with van der Waals surface area (Å²) in [5.41, 5.74) is 3.07. The lowest BCUT2D eigenvalue weighted by Gasteiger charge is -2.37. The van der Waals surface area contributed by atoms with Gasteiger partial charge in [-0.15, -0.1) is 0 Å². The predicted octanol–water partition coefficient (Wildman–Crippen LogP) is 4.66. The number of rotatable bonds is 10. The van der Waals surface area contributed by atoms with Gasteiger partial charge in [0.2, 0.25) is 5.91 Å². The number of thioether (sulfide) groups is 1. The van der Waals surface area contributed by atoms with Gasteiger partial charge in [-0.3, -0.25) is 4.79 Å². The molecule has 3 aliphatic heterocycles. The summed E-state index contributed by atoms with van der Waals surface area (Å²) in [6.45, 7) is 3.17. The van der Waals surface area contributed by atoms with Crippen LogP contribution in [0, 0.1) is 0 Å². The molecule has 2 aromatic rings. The van der Waals surface area contributed by atoms with Gasteiger partial charge in [-0.2, -0.15) is 0 Å². The van der Waals surface area contributed by atoms with Crippen molar-refractivity contribution in [3.8, 4) is 11.5 Å². The average Bonchev–Trinajstić information content (AvgIpc) is 3.65. The summed E-state index contributed by atoms with van der Waals surface area (Å²) >= 11 is 1.42. The molecular formula is C30H33N3O6S. The van der Waals surface area contributed by atoms with Crippen molar-refractivity contribution in [3.05, 3.63) is 76.3 Å². The number of nitrogens with one attached hydrogen (secondary N) is 1. The van der Waals surface area contributed by atoms with Crippen molar-refractivity contribution in [1.29, 1.82) is 0 Å². The van der Waals surface area contributed by atoms with Gasteiger partial charge in [0.15, 0.2) is 5.17 Å². The Hall–Kier alpha value is -3.76. The van der Waals surface area contributed by atoms with Gasteiger partial charge in [-0.25, -0.2) is 9.79 Å². The Labute approximate surface area is 238 Å². The van der Waals surface area contributed by atoms with Crippen molar-refractivity contribution in [2.24, 2.45) is 4.99 Å². The molecule has 3 heterocycles. The number of esters is 1. The van der Waals surface area contributed by atoms with Crippen LogP contribution in [0.25, 0.3) is 5.70 Å². The second-order valence-corrected chi connectivity index (χ2v) is 10.3. The fourth-order valence-electron chi connectivity index (χ4n) is 5.10. The molecule has 0 spiro atoms. The Balaban J connectivity index is 1.59. The molecule has 1 fully saturated rings. The molecule has 9 nitrogen and oxygen atoms in total. The van der Waals surface area contributed by atoms with Gasteiger partial charge in [0.25, 0.3) is 0 Å². The molecule has 2 atom stereocenters. The third-order valence-electron chi connectivity index (χ3n) is 6.98. The molecule has 0 radical (unpaired) electrons. The molecule has 5 rings (SSSR count). The standard InChI is InChI=1S/C30H33N3O6S/c1-4-38-29(35)26-27(19-9-6-5-7-10-19)32-30-33(28(26)23-16-21(36-2)12-13-24(23)37-3)20(18-40-30)15-25(34)31-17-22-11-8-14-39-22/h5-7,9-10,12-13,16,18,22,28H,4,8,11,14-15,17H2,1-3H3,(H,31,34)/t22-,28+/m0/s1. The maximum Gasteiger partial charge on any atom is 0.338 e. The molecule has 1 saturated heterocycles. The molecule has 0 unspecified atom stereocenters. The van der Waals surface area contributed by atoms with E-state index in [4.69, 9.17) is 23.9 Å². The van der Waals surface area contributed by atoms with Crippen LogP contribution in [-0.2, 0) is 19.1 Å².